The molecule has 0 spiro atoms. The Morgan fingerprint density at radius 3 is 2.43 bits per heavy atom. The van der Waals surface area contributed by atoms with Crippen molar-refractivity contribution >= 4 is 28.7 Å². The van der Waals surface area contributed by atoms with Crippen LogP contribution in [0.25, 0.3) is 0 Å². The maximum absolute atomic E-state index is 12.4. The van der Waals surface area contributed by atoms with E-state index in [1.54, 1.807) is 25.3 Å². The summed E-state index contributed by atoms with van der Waals surface area (Å²) < 4.78 is 34.5. The SMILES string of the molecule is COc1ccc(C)cc1NC(=S)Nc1ccccc1OC(F)F. The molecule has 4 nitrogen and oxygen atoms in total. The number of benzene rings is 2. The van der Waals surface area contributed by atoms with E-state index in [4.69, 9.17) is 17.0 Å². The number of anilines is 2. The molecule has 0 bridgehead atoms. The van der Waals surface area contributed by atoms with E-state index in [-0.39, 0.29) is 10.9 Å². The van der Waals surface area contributed by atoms with Crippen LogP contribution < -0.4 is 20.1 Å². The third kappa shape index (κ3) is 4.79. The number of alkyl halides is 2. The number of hydrogen-bond acceptors (Lipinski definition) is 3. The molecule has 0 aliphatic carbocycles. The molecule has 2 rings (SSSR count). The second-order valence-corrected chi connectivity index (χ2v) is 5.07. The van der Waals surface area contributed by atoms with Crippen molar-refractivity contribution in [3.8, 4) is 11.5 Å². The van der Waals surface area contributed by atoms with E-state index in [1.807, 2.05) is 25.1 Å². The normalized spacial score (nSPS) is 10.3. The fraction of sp³-hybridized carbons (Fsp3) is 0.188. The molecule has 0 saturated carbocycles. The van der Waals surface area contributed by atoms with Gasteiger partial charge in [-0.05, 0) is 49.0 Å². The number of halogens is 2. The van der Waals surface area contributed by atoms with Gasteiger partial charge >= 0.3 is 6.61 Å². The van der Waals surface area contributed by atoms with Crippen molar-refractivity contribution in [2.45, 2.75) is 13.5 Å². The lowest BCUT2D eigenvalue weighted by Gasteiger charge is -2.16. The van der Waals surface area contributed by atoms with Crippen LogP contribution in [0.2, 0.25) is 0 Å². The highest BCUT2D eigenvalue weighted by Crippen LogP contribution is 2.28. The Labute approximate surface area is 138 Å². The highest BCUT2D eigenvalue weighted by atomic mass is 32.1. The van der Waals surface area contributed by atoms with Crippen molar-refractivity contribution in [2.24, 2.45) is 0 Å². The van der Waals surface area contributed by atoms with Crippen LogP contribution in [0, 0.1) is 6.92 Å². The second kappa shape index (κ2) is 7.73. The zero-order valence-corrected chi connectivity index (χ0v) is 13.4. The quantitative estimate of drug-likeness (QED) is 0.790. The highest BCUT2D eigenvalue weighted by molar-refractivity contribution is 7.80. The van der Waals surface area contributed by atoms with E-state index in [0.717, 1.165) is 5.56 Å². The molecular weight excluding hydrogens is 322 g/mol. The van der Waals surface area contributed by atoms with Gasteiger partial charge in [-0.3, -0.25) is 0 Å². The fourth-order valence-corrected chi connectivity index (χ4v) is 2.18. The number of para-hydroxylation sites is 2. The lowest BCUT2D eigenvalue weighted by molar-refractivity contribution is -0.0493. The zero-order chi connectivity index (χ0) is 16.8. The average Bonchev–Trinajstić information content (AvgIpc) is 2.49. The summed E-state index contributed by atoms with van der Waals surface area (Å²) >= 11 is 5.22. The molecule has 2 aromatic carbocycles. The molecule has 0 atom stereocenters. The standard InChI is InChI=1S/C16H16F2N2O2S/c1-10-7-8-13(21-2)12(9-10)20-16(23)19-11-5-3-4-6-14(11)22-15(17)18/h3-9,15H,1-2H3,(H2,19,20,23). The first-order chi connectivity index (χ1) is 11.0. The Kier molecular flexibility index (Phi) is 5.70. The summed E-state index contributed by atoms with van der Waals surface area (Å²) in [6, 6.07) is 11.9. The van der Waals surface area contributed by atoms with Gasteiger partial charge < -0.3 is 20.1 Å². The van der Waals surface area contributed by atoms with Crippen LogP contribution in [0.1, 0.15) is 5.56 Å². The summed E-state index contributed by atoms with van der Waals surface area (Å²) in [6.45, 7) is -0.969. The largest absolute Gasteiger partial charge is 0.495 e. The molecule has 0 amide bonds. The van der Waals surface area contributed by atoms with Gasteiger partial charge in [-0.2, -0.15) is 8.78 Å². The van der Waals surface area contributed by atoms with Crippen molar-refractivity contribution in [3.63, 3.8) is 0 Å². The number of ether oxygens (including phenoxy) is 2. The maximum atomic E-state index is 12.4. The van der Waals surface area contributed by atoms with Gasteiger partial charge in [-0.1, -0.05) is 18.2 Å². The molecule has 0 radical (unpaired) electrons. The molecule has 0 fully saturated rings. The monoisotopic (exact) mass is 338 g/mol. The Balaban J connectivity index is 2.13. The van der Waals surface area contributed by atoms with Gasteiger partial charge in [0.15, 0.2) is 5.11 Å². The maximum Gasteiger partial charge on any atom is 0.387 e. The van der Waals surface area contributed by atoms with E-state index in [2.05, 4.69) is 15.4 Å². The Bertz CT molecular complexity index is 696. The molecule has 0 aromatic heterocycles. The van der Waals surface area contributed by atoms with Crippen molar-refractivity contribution in [2.75, 3.05) is 17.7 Å². The topological polar surface area (TPSA) is 42.5 Å². The van der Waals surface area contributed by atoms with E-state index in [0.29, 0.717) is 17.1 Å². The molecule has 0 saturated heterocycles. The van der Waals surface area contributed by atoms with Gasteiger partial charge in [-0.25, -0.2) is 0 Å². The van der Waals surface area contributed by atoms with E-state index in [1.165, 1.54) is 6.07 Å². The van der Waals surface area contributed by atoms with E-state index in [9.17, 15) is 8.78 Å². The summed E-state index contributed by atoms with van der Waals surface area (Å²) in [4.78, 5) is 0. The van der Waals surface area contributed by atoms with E-state index >= 15 is 0 Å². The highest BCUT2D eigenvalue weighted by Gasteiger charge is 2.11. The predicted octanol–water partition coefficient (Wildman–Crippen LogP) is 4.41. The predicted molar refractivity (Wildman–Crippen MR) is 90.6 cm³/mol. The molecule has 7 heteroatoms. The van der Waals surface area contributed by atoms with Crippen LogP contribution in [0.15, 0.2) is 42.5 Å². The number of nitrogens with one attached hydrogen (secondary N) is 2. The molecule has 2 aromatic rings. The van der Waals surface area contributed by atoms with Crippen molar-refractivity contribution in [3.05, 3.63) is 48.0 Å². The smallest absolute Gasteiger partial charge is 0.387 e. The first-order valence-electron chi connectivity index (χ1n) is 6.76. The minimum absolute atomic E-state index is 0.0165. The molecule has 0 unspecified atom stereocenters. The van der Waals surface area contributed by atoms with Gasteiger partial charge in [-0.15, -0.1) is 0 Å². The molecule has 0 heterocycles. The zero-order valence-electron chi connectivity index (χ0n) is 12.6. The summed E-state index contributed by atoms with van der Waals surface area (Å²) in [5.74, 6) is 0.639. The number of hydrogen-bond donors (Lipinski definition) is 2. The van der Waals surface area contributed by atoms with Gasteiger partial charge in [0.25, 0.3) is 0 Å². The minimum atomic E-state index is -2.91. The van der Waals surface area contributed by atoms with Crippen LogP contribution in [0.5, 0.6) is 11.5 Å². The summed E-state index contributed by atoms with van der Waals surface area (Å²) in [5, 5.41) is 6.06. The first-order valence-corrected chi connectivity index (χ1v) is 7.17. The number of thiocarbonyl (C=S) groups is 1. The van der Waals surface area contributed by atoms with Crippen molar-refractivity contribution in [1.29, 1.82) is 0 Å². The Morgan fingerprint density at radius 2 is 1.74 bits per heavy atom. The van der Waals surface area contributed by atoms with Gasteiger partial charge in [0.05, 0.1) is 18.5 Å². The molecular formula is C16H16F2N2O2S. The van der Waals surface area contributed by atoms with Crippen LogP contribution >= 0.6 is 12.2 Å². The Hall–Kier alpha value is -2.41. The van der Waals surface area contributed by atoms with E-state index < -0.39 is 6.61 Å². The van der Waals surface area contributed by atoms with Gasteiger partial charge in [0, 0.05) is 0 Å². The lowest BCUT2D eigenvalue weighted by Crippen LogP contribution is -2.20. The van der Waals surface area contributed by atoms with Crippen molar-refractivity contribution < 1.29 is 18.3 Å². The lowest BCUT2D eigenvalue weighted by atomic mass is 10.2. The number of rotatable bonds is 5. The molecule has 0 aliphatic rings. The number of methoxy groups -OCH3 is 1. The van der Waals surface area contributed by atoms with Crippen LogP contribution in [0.3, 0.4) is 0 Å². The Morgan fingerprint density at radius 1 is 1.04 bits per heavy atom. The van der Waals surface area contributed by atoms with Gasteiger partial charge in [0.2, 0.25) is 0 Å². The summed E-state index contributed by atoms with van der Waals surface area (Å²) in [7, 11) is 1.55. The van der Waals surface area contributed by atoms with Crippen LogP contribution in [-0.2, 0) is 0 Å². The van der Waals surface area contributed by atoms with Crippen LogP contribution in [-0.4, -0.2) is 18.8 Å². The molecule has 23 heavy (non-hydrogen) atoms. The summed E-state index contributed by atoms with van der Waals surface area (Å²) in [5.41, 5.74) is 2.05. The minimum Gasteiger partial charge on any atom is -0.495 e. The molecule has 2 N–H and O–H groups in total. The summed E-state index contributed by atoms with van der Waals surface area (Å²) in [6.07, 6.45) is 0. The second-order valence-electron chi connectivity index (χ2n) is 4.66. The first kappa shape index (κ1) is 17.0. The van der Waals surface area contributed by atoms with Crippen molar-refractivity contribution in [1.82, 2.24) is 0 Å². The third-order valence-electron chi connectivity index (χ3n) is 2.95. The third-order valence-corrected chi connectivity index (χ3v) is 3.16. The average molecular weight is 338 g/mol. The van der Waals surface area contributed by atoms with Gasteiger partial charge in [0.1, 0.15) is 11.5 Å². The fourth-order valence-electron chi connectivity index (χ4n) is 1.96. The molecule has 122 valence electrons. The van der Waals surface area contributed by atoms with Crippen LogP contribution in [0.4, 0.5) is 20.2 Å². The molecule has 0 aliphatic heterocycles. The number of aryl methyl sites for hydroxylation is 1.